The smallest absolute Gasteiger partial charge is 0.239 e. The van der Waals surface area contributed by atoms with E-state index in [1.165, 1.54) is 5.56 Å². The van der Waals surface area contributed by atoms with Gasteiger partial charge in [-0.1, -0.05) is 60.7 Å². The molecule has 0 unspecified atom stereocenters. The van der Waals surface area contributed by atoms with Crippen molar-refractivity contribution in [2.24, 2.45) is 5.73 Å². The van der Waals surface area contributed by atoms with Crippen molar-refractivity contribution in [3.63, 3.8) is 0 Å². The molecule has 3 rings (SSSR count). The Morgan fingerprint density at radius 2 is 1.58 bits per heavy atom. The summed E-state index contributed by atoms with van der Waals surface area (Å²) in [5, 5.41) is 0. The zero-order valence-corrected chi connectivity index (χ0v) is 15.2. The number of benzene rings is 2. The quantitative estimate of drug-likeness (QED) is 0.834. The van der Waals surface area contributed by atoms with Crippen LogP contribution >= 0.6 is 0 Å². The molecule has 4 nitrogen and oxygen atoms in total. The molecule has 1 atom stereocenters. The van der Waals surface area contributed by atoms with Crippen LogP contribution < -0.4 is 5.73 Å². The number of hydrogen-bond acceptors (Lipinski definition) is 3. The molecule has 0 radical (unpaired) electrons. The van der Waals surface area contributed by atoms with Gasteiger partial charge in [-0.3, -0.25) is 4.79 Å². The fourth-order valence-corrected chi connectivity index (χ4v) is 3.42. The first kappa shape index (κ1) is 18.6. The van der Waals surface area contributed by atoms with Gasteiger partial charge in [0.15, 0.2) is 0 Å². The Balaban J connectivity index is 1.38. The molecule has 26 heavy (non-hydrogen) atoms. The molecule has 138 valence electrons. The van der Waals surface area contributed by atoms with E-state index in [1.807, 2.05) is 41.3 Å². The van der Waals surface area contributed by atoms with Crippen molar-refractivity contribution in [3.05, 3.63) is 71.8 Å². The lowest BCUT2D eigenvalue weighted by molar-refractivity contribution is -0.135. The molecule has 4 heteroatoms. The third kappa shape index (κ3) is 5.41. The number of ether oxygens (including phenoxy) is 1. The normalized spacial score (nSPS) is 16.4. The Labute approximate surface area is 156 Å². The van der Waals surface area contributed by atoms with Crippen LogP contribution in [0.5, 0.6) is 0 Å². The molecule has 1 aliphatic heterocycles. The summed E-state index contributed by atoms with van der Waals surface area (Å²) in [5.41, 5.74) is 8.54. The molecule has 1 amide bonds. The van der Waals surface area contributed by atoms with Crippen LogP contribution in [0, 0.1) is 0 Å². The van der Waals surface area contributed by atoms with Crippen LogP contribution in [0.25, 0.3) is 0 Å². The Morgan fingerprint density at radius 3 is 2.19 bits per heavy atom. The molecule has 0 spiro atoms. The van der Waals surface area contributed by atoms with Crippen molar-refractivity contribution < 1.29 is 9.53 Å². The van der Waals surface area contributed by atoms with Gasteiger partial charge in [-0.25, -0.2) is 0 Å². The molecule has 0 aliphatic carbocycles. The molecule has 1 heterocycles. The second-order valence-electron chi connectivity index (χ2n) is 6.93. The van der Waals surface area contributed by atoms with E-state index < -0.39 is 6.04 Å². The lowest BCUT2D eigenvalue weighted by atomic mass is 10.0. The molecule has 1 aliphatic rings. The lowest BCUT2D eigenvalue weighted by Gasteiger charge is -2.33. The highest BCUT2D eigenvalue weighted by atomic mass is 16.5. The van der Waals surface area contributed by atoms with Gasteiger partial charge in [0.05, 0.1) is 18.8 Å². The summed E-state index contributed by atoms with van der Waals surface area (Å²) in [4.78, 5) is 14.5. The highest BCUT2D eigenvalue weighted by Gasteiger charge is 2.26. The third-order valence-corrected chi connectivity index (χ3v) is 4.96. The number of carbonyl (C=O) groups is 1. The van der Waals surface area contributed by atoms with Crippen molar-refractivity contribution in [2.75, 3.05) is 19.7 Å². The molecule has 0 aromatic heterocycles. The minimum atomic E-state index is -0.465. The first-order chi connectivity index (χ1) is 12.7. The SMILES string of the molecule is N[C@@H](Cc1ccccc1)C(=O)N1CCC(OCCc2ccccc2)CC1. The van der Waals surface area contributed by atoms with Gasteiger partial charge in [0.2, 0.25) is 5.91 Å². The number of amides is 1. The first-order valence-corrected chi connectivity index (χ1v) is 9.46. The van der Waals surface area contributed by atoms with E-state index in [2.05, 4.69) is 24.3 Å². The highest BCUT2D eigenvalue weighted by Crippen LogP contribution is 2.16. The largest absolute Gasteiger partial charge is 0.378 e. The Bertz CT molecular complexity index is 667. The van der Waals surface area contributed by atoms with Gasteiger partial charge in [-0.05, 0) is 36.8 Å². The van der Waals surface area contributed by atoms with Crippen molar-refractivity contribution in [2.45, 2.75) is 37.8 Å². The van der Waals surface area contributed by atoms with E-state index in [4.69, 9.17) is 10.5 Å². The van der Waals surface area contributed by atoms with E-state index in [0.717, 1.165) is 44.5 Å². The second kappa shape index (κ2) is 9.51. The van der Waals surface area contributed by atoms with Crippen LogP contribution in [0.15, 0.2) is 60.7 Å². The number of piperidine rings is 1. The first-order valence-electron chi connectivity index (χ1n) is 9.46. The predicted octanol–water partition coefficient (Wildman–Crippen LogP) is 2.81. The summed E-state index contributed by atoms with van der Waals surface area (Å²) >= 11 is 0. The Kier molecular flexibility index (Phi) is 6.81. The molecular formula is C22H28N2O2. The summed E-state index contributed by atoms with van der Waals surface area (Å²) in [6, 6.07) is 19.9. The van der Waals surface area contributed by atoms with E-state index in [0.29, 0.717) is 6.42 Å². The van der Waals surface area contributed by atoms with Gasteiger partial charge >= 0.3 is 0 Å². The predicted molar refractivity (Wildman–Crippen MR) is 104 cm³/mol. The molecule has 1 saturated heterocycles. The average molecular weight is 352 g/mol. The maximum absolute atomic E-state index is 12.6. The van der Waals surface area contributed by atoms with Crippen molar-refractivity contribution in [3.8, 4) is 0 Å². The molecule has 2 aromatic carbocycles. The summed E-state index contributed by atoms with van der Waals surface area (Å²) in [5.74, 6) is 0.0524. The topological polar surface area (TPSA) is 55.6 Å². The van der Waals surface area contributed by atoms with Crippen LogP contribution in [0.1, 0.15) is 24.0 Å². The van der Waals surface area contributed by atoms with Crippen molar-refractivity contribution >= 4 is 5.91 Å². The summed E-state index contributed by atoms with van der Waals surface area (Å²) in [6.45, 7) is 2.20. The van der Waals surface area contributed by atoms with Crippen LogP contribution in [-0.2, 0) is 22.4 Å². The van der Waals surface area contributed by atoms with Gasteiger partial charge in [-0.2, -0.15) is 0 Å². The summed E-state index contributed by atoms with van der Waals surface area (Å²) in [7, 11) is 0. The molecule has 0 bridgehead atoms. The molecular weight excluding hydrogens is 324 g/mol. The molecule has 0 saturated carbocycles. The maximum Gasteiger partial charge on any atom is 0.239 e. The van der Waals surface area contributed by atoms with E-state index in [-0.39, 0.29) is 12.0 Å². The Morgan fingerprint density at radius 1 is 1.00 bits per heavy atom. The monoisotopic (exact) mass is 352 g/mol. The lowest BCUT2D eigenvalue weighted by Crippen LogP contribution is -2.49. The van der Waals surface area contributed by atoms with Crippen LogP contribution in [0.3, 0.4) is 0 Å². The number of carbonyl (C=O) groups excluding carboxylic acids is 1. The van der Waals surface area contributed by atoms with Gasteiger partial charge in [0.25, 0.3) is 0 Å². The van der Waals surface area contributed by atoms with Gasteiger partial charge in [0.1, 0.15) is 0 Å². The van der Waals surface area contributed by atoms with Crippen LogP contribution in [0.4, 0.5) is 0 Å². The number of likely N-dealkylation sites (tertiary alicyclic amines) is 1. The van der Waals surface area contributed by atoms with Crippen molar-refractivity contribution in [1.82, 2.24) is 4.90 Å². The van der Waals surface area contributed by atoms with Gasteiger partial charge in [-0.15, -0.1) is 0 Å². The van der Waals surface area contributed by atoms with E-state index >= 15 is 0 Å². The molecule has 2 N–H and O–H groups in total. The molecule has 1 fully saturated rings. The number of hydrogen-bond donors (Lipinski definition) is 1. The zero-order chi connectivity index (χ0) is 18.2. The Hall–Kier alpha value is -2.17. The zero-order valence-electron chi connectivity index (χ0n) is 15.2. The average Bonchev–Trinajstić information content (AvgIpc) is 2.69. The summed E-state index contributed by atoms with van der Waals surface area (Å²) in [6.07, 6.45) is 3.54. The van der Waals surface area contributed by atoms with Gasteiger partial charge < -0.3 is 15.4 Å². The number of rotatable bonds is 7. The minimum Gasteiger partial charge on any atom is -0.378 e. The number of nitrogens with two attached hydrogens (primary N) is 1. The highest BCUT2D eigenvalue weighted by molar-refractivity contribution is 5.82. The van der Waals surface area contributed by atoms with Crippen LogP contribution in [-0.4, -0.2) is 42.6 Å². The fourth-order valence-electron chi connectivity index (χ4n) is 3.42. The second-order valence-corrected chi connectivity index (χ2v) is 6.93. The van der Waals surface area contributed by atoms with E-state index in [9.17, 15) is 4.79 Å². The van der Waals surface area contributed by atoms with Crippen molar-refractivity contribution in [1.29, 1.82) is 0 Å². The van der Waals surface area contributed by atoms with E-state index in [1.54, 1.807) is 0 Å². The fraction of sp³-hybridized carbons (Fsp3) is 0.409. The van der Waals surface area contributed by atoms with Gasteiger partial charge in [0, 0.05) is 13.1 Å². The van der Waals surface area contributed by atoms with Crippen LogP contribution in [0.2, 0.25) is 0 Å². The standard InChI is InChI=1S/C22H28N2O2/c23-21(17-19-9-5-2-6-10-19)22(25)24-14-11-20(12-15-24)26-16-13-18-7-3-1-4-8-18/h1-10,20-21H,11-17,23H2/t21-/m0/s1. The minimum absolute atomic E-state index is 0.0524. The summed E-state index contributed by atoms with van der Waals surface area (Å²) < 4.78 is 6.00. The molecule has 2 aromatic rings. The third-order valence-electron chi connectivity index (χ3n) is 4.96. The maximum atomic E-state index is 12.6. The number of nitrogens with zero attached hydrogens (tertiary/aromatic N) is 1.